The van der Waals surface area contributed by atoms with E-state index in [1.54, 1.807) is 31.3 Å². The summed E-state index contributed by atoms with van der Waals surface area (Å²) in [5, 5.41) is 2.25. The first-order valence-corrected chi connectivity index (χ1v) is 17.5. The molecule has 4 aromatic rings. The van der Waals surface area contributed by atoms with E-state index in [1.807, 2.05) is 53.4 Å². The van der Waals surface area contributed by atoms with Gasteiger partial charge >= 0.3 is 6.09 Å². The van der Waals surface area contributed by atoms with E-state index in [2.05, 4.69) is 42.2 Å². The maximum Gasteiger partial charge on any atom is 0.410 e. The van der Waals surface area contributed by atoms with Gasteiger partial charge in [-0.1, -0.05) is 97.9 Å². The first kappa shape index (κ1) is 32.7. The summed E-state index contributed by atoms with van der Waals surface area (Å²) in [5.41, 5.74) is 2.16. The van der Waals surface area contributed by atoms with Crippen LogP contribution in [-0.2, 0) is 21.4 Å². The molecule has 238 valence electrons. The molecule has 1 aliphatic heterocycles. The molecule has 0 spiro atoms. The topological polar surface area (TPSA) is 70.2 Å². The summed E-state index contributed by atoms with van der Waals surface area (Å²) < 4.78 is 33.9. The van der Waals surface area contributed by atoms with Crippen molar-refractivity contribution in [1.29, 1.82) is 0 Å². The predicted octanol–water partition coefficient (Wildman–Crippen LogP) is 7.15. The number of hydrogen-bond donors (Lipinski definition) is 0. The smallest absolute Gasteiger partial charge is 0.410 e. The highest BCUT2D eigenvalue weighted by molar-refractivity contribution is 7.89. The number of carbonyl (C=O) groups excluding carboxylic acids is 1. The number of carbonyl (C=O) groups is 1. The molecule has 1 atom stereocenters. The zero-order chi connectivity index (χ0) is 31.6. The number of nitrogens with zero attached hydrogens (tertiary/aromatic N) is 3. The van der Waals surface area contributed by atoms with Gasteiger partial charge in [-0.2, -0.15) is 0 Å². The molecule has 0 saturated carbocycles. The molecule has 45 heavy (non-hydrogen) atoms. The Morgan fingerprint density at radius 2 is 1.53 bits per heavy atom. The van der Waals surface area contributed by atoms with Gasteiger partial charge < -0.3 is 14.5 Å². The molecule has 1 heterocycles. The molecule has 0 aliphatic carbocycles. The molecule has 0 radical (unpaired) electrons. The van der Waals surface area contributed by atoms with Gasteiger partial charge in [0.1, 0.15) is 6.61 Å². The summed E-state index contributed by atoms with van der Waals surface area (Å²) in [6.45, 7) is 6.09. The average molecular weight is 628 g/mol. The van der Waals surface area contributed by atoms with Crippen LogP contribution in [0.2, 0.25) is 0 Å². The lowest BCUT2D eigenvalue weighted by Gasteiger charge is -2.38. The van der Waals surface area contributed by atoms with E-state index >= 15 is 0 Å². The third kappa shape index (κ3) is 8.31. The van der Waals surface area contributed by atoms with Crippen LogP contribution in [-0.4, -0.2) is 74.4 Å². The normalized spacial score (nSPS) is 15.3. The number of hydrogen-bond acceptors (Lipinski definition) is 5. The zero-order valence-corrected chi connectivity index (χ0v) is 27.2. The van der Waals surface area contributed by atoms with Crippen LogP contribution in [0.15, 0.2) is 108 Å². The Morgan fingerprint density at radius 1 is 0.889 bits per heavy atom. The van der Waals surface area contributed by atoms with E-state index in [1.165, 1.54) is 4.31 Å². The molecule has 1 fully saturated rings. The van der Waals surface area contributed by atoms with E-state index in [-0.39, 0.29) is 24.7 Å². The van der Waals surface area contributed by atoms with Crippen molar-refractivity contribution in [2.24, 2.45) is 0 Å². The molecule has 1 saturated heterocycles. The maximum absolute atomic E-state index is 13.3. The molecule has 0 bridgehead atoms. The molecule has 8 heteroatoms. The number of fused-ring (bicyclic) bond motifs is 1. The number of piperidine rings is 1. The Hall–Kier alpha value is -3.72. The number of ether oxygens (including phenoxy) is 1. The SMILES string of the molecule is CCCN(C(=O)OCc1cccc2ccccc12)C1CCN(CCC(CN(C)S(=O)(=O)c2ccccc2)c2ccccc2)CC1. The molecule has 7 nitrogen and oxygen atoms in total. The molecular weight excluding hydrogens is 582 g/mol. The minimum Gasteiger partial charge on any atom is -0.445 e. The molecular formula is C37H45N3O4S. The molecule has 1 amide bonds. The number of rotatable bonds is 13. The lowest BCUT2D eigenvalue weighted by molar-refractivity contribution is 0.0604. The zero-order valence-electron chi connectivity index (χ0n) is 26.4. The minimum atomic E-state index is -3.58. The van der Waals surface area contributed by atoms with Crippen molar-refractivity contribution in [3.8, 4) is 0 Å². The third-order valence-electron chi connectivity index (χ3n) is 8.92. The van der Waals surface area contributed by atoms with Crippen molar-refractivity contribution < 1.29 is 17.9 Å². The Morgan fingerprint density at radius 3 is 2.24 bits per heavy atom. The van der Waals surface area contributed by atoms with Crippen LogP contribution in [0, 0.1) is 0 Å². The van der Waals surface area contributed by atoms with Gasteiger partial charge in [0.2, 0.25) is 10.0 Å². The first-order chi connectivity index (χ1) is 21.9. The number of benzene rings is 4. The number of likely N-dealkylation sites (N-methyl/N-ethyl adjacent to an activating group) is 1. The second-order valence-corrected chi connectivity index (χ2v) is 14.0. The predicted molar refractivity (Wildman–Crippen MR) is 181 cm³/mol. The van der Waals surface area contributed by atoms with Gasteiger partial charge in [-0.05, 0) is 72.2 Å². The van der Waals surface area contributed by atoms with Gasteiger partial charge in [0.05, 0.1) is 4.90 Å². The summed E-state index contributed by atoms with van der Waals surface area (Å²) >= 11 is 0. The maximum atomic E-state index is 13.3. The lowest BCUT2D eigenvalue weighted by Crippen LogP contribution is -2.48. The van der Waals surface area contributed by atoms with E-state index in [0.29, 0.717) is 18.0 Å². The Balaban J connectivity index is 1.17. The number of amides is 1. The summed E-state index contributed by atoms with van der Waals surface area (Å²) in [4.78, 5) is 18.0. The Kier molecular flexibility index (Phi) is 11.3. The highest BCUT2D eigenvalue weighted by Crippen LogP contribution is 2.26. The van der Waals surface area contributed by atoms with Crippen LogP contribution < -0.4 is 0 Å². The van der Waals surface area contributed by atoms with Crippen molar-refractivity contribution >= 4 is 26.9 Å². The van der Waals surface area contributed by atoms with Crippen molar-refractivity contribution in [1.82, 2.24) is 14.1 Å². The van der Waals surface area contributed by atoms with Crippen molar-refractivity contribution in [2.75, 3.05) is 39.8 Å². The van der Waals surface area contributed by atoms with E-state index in [4.69, 9.17) is 4.74 Å². The van der Waals surface area contributed by atoms with E-state index < -0.39 is 10.0 Å². The van der Waals surface area contributed by atoms with Crippen molar-refractivity contribution in [2.45, 2.75) is 56.1 Å². The summed E-state index contributed by atoms with van der Waals surface area (Å²) in [6.07, 6.45) is 3.26. The van der Waals surface area contributed by atoms with Crippen LogP contribution in [0.4, 0.5) is 4.79 Å². The van der Waals surface area contributed by atoms with Crippen LogP contribution >= 0.6 is 0 Å². The second kappa shape index (κ2) is 15.5. The average Bonchev–Trinajstić information content (AvgIpc) is 3.09. The second-order valence-electron chi connectivity index (χ2n) is 12.0. The van der Waals surface area contributed by atoms with Gasteiger partial charge in [0.25, 0.3) is 0 Å². The summed E-state index contributed by atoms with van der Waals surface area (Å²) in [6, 6.07) is 33.3. The molecule has 5 rings (SSSR count). The van der Waals surface area contributed by atoms with E-state index in [9.17, 15) is 13.2 Å². The van der Waals surface area contributed by atoms with Crippen LogP contribution in [0.3, 0.4) is 0 Å². The fraction of sp³-hybridized carbons (Fsp3) is 0.378. The lowest BCUT2D eigenvalue weighted by atomic mass is 9.94. The van der Waals surface area contributed by atoms with Gasteiger partial charge in [-0.15, -0.1) is 0 Å². The largest absolute Gasteiger partial charge is 0.445 e. The fourth-order valence-corrected chi connectivity index (χ4v) is 7.60. The van der Waals surface area contributed by atoms with E-state index in [0.717, 1.165) is 67.2 Å². The highest BCUT2D eigenvalue weighted by Gasteiger charge is 2.30. The molecule has 0 aromatic heterocycles. The van der Waals surface area contributed by atoms with Gasteiger partial charge in [-0.25, -0.2) is 17.5 Å². The quantitative estimate of drug-likeness (QED) is 0.158. The van der Waals surface area contributed by atoms with Crippen LogP contribution in [0.5, 0.6) is 0 Å². The highest BCUT2D eigenvalue weighted by atomic mass is 32.2. The first-order valence-electron chi connectivity index (χ1n) is 16.1. The Labute approximate surface area is 268 Å². The van der Waals surface area contributed by atoms with Crippen molar-refractivity contribution in [3.63, 3.8) is 0 Å². The van der Waals surface area contributed by atoms with Crippen molar-refractivity contribution in [3.05, 3.63) is 114 Å². The molecule has 4 aromatic carbocycles. The van der Waals surface area contributed by atoms with Crippen LogP contribution in [0.25, 0.3) is 10.8 Å². The molecule has 1 unspecified atom stereocenters. The standard InChI is InChI=1S/C37H45N3O4S/c1-3-24-40(37(41)44-29-33-17-12-16-31-15-10-11-20-36(31)33)34-22-26-39(27-23-34)25-21-32(30-13-6-4-7-14-30)28-38(2)45(42,43)35-18-8-5-9-19-35/h4-20,32,34H,3,21-29H2,1-2H3. The monoisotopic (exact) mass is 627 g/mol. The van der Waals surface area contributed by atoms with Crippen LogP contribution in [0.1, 0.15) is 49.7 Å². The number of sulfonamides is 1. The molecule has 0 N–H and O–H groups in total. The fourth-order valence-electron chi connectivity index (χ4n) is 6.37. The third-order valence-corrected chi connectivity index (χ3v) is 10.8. The minimum absolute atomic E-state index is 0.0630. The Bertz CT molecular complexity index is 1620. The van der Waals surface area contributed by atoms with Gasteiger partial charge in [0, 0.05) is 39.3 Å². The summed E-state index contributed by atoms with van der Waals surface area (Å²) in [5.74, 6) is 0.0630. The van der Waals surface area contributed by atoms with Gasteiger partial charge in [-0.3, -0.25) is 0 Å². The van der Waals surface area contributed by atoms with Gasteiger partial charge in [0.15, 0.2) is 0 Å². The summed E-state index contributed by atoms with van der Waals surface area (Å²) in [7, 11) is -1.91. The molecule has 1 aliphatic rings. The number of likely N-dealkylation sites (tertiary alicyclic amines) is 1.